The molecule has 3 aliphatic rings. The average molecular weight is 1730 g/mol. The molecule has 2 amide bonds. The molecule has 680 valence electrons. The van der Waals surface area contributed by atoms with Gasteiger partial charge in [-0.3, -0.25) is 48.4 Å². The molecule has 0 saturated carbocycles. The quantitative estimate of drug-likeness (QED) is 0.0131. The zero-order valence-electron chi connectivity index (χ0n) is 74.2. The van der Waals surface area contributed by atoms with Gasteiger partial charge in [0.2, 0.25) is 0 Å². The Morgan fingerprint density at radius 2 is 0.589 bits per heavy atom. The molecule has 3 saturated heterocycles. The summed E-state index contributed by atoms with van der Waals surface area (Å²) in [5.41, 5.74) is 3.18. The van der Waals surface area contributed by atoms with E-state index in [4.69, 9.17) is 56.8 Å². The number of hydrogen-bond acceptors (Lipinski definition) is 28. The van der Waals surface area contributed by atoms with Crippen LogP contribution in [0.1, 0.15) is 119 Å². The molecule has 0 aliphatic carbocycles. The van der Waals surface area contributed by atoms with Crippen LogP contribution in [0, 0.1) is 10.8 Å². The molecule has 0 N–H and O–H groups in total. The first kappa shape index (κ1) is 101. The van der Waals surface area contributed by atoms with Crippen molar-refractivity contribution in [2.45, 2.75) is 90.1 Å². The summed E-state index contributed by atoms with van der Waals surface area (Å²) in [5.74, 6) is -3.09. The normalized spacial score (nSPS) is 15.1. The Kier molecular flexibility index (Phi) is 43.1. The van der Waals surface area contributed by atoms with Gasteiger partial charge in [0.25, 0.3) is 11.8 Å². The Bertz CT molecular complexity index is 3740. The van der Waals surface area contributed by atoms with Crippen molar-refractivity contribution in [3.05, 3.63) is 181 Å². The Morgan fingerprint density at radius 1 is 0.331 bits per heavy atom. The Morgan fingerprint density at radius 3 is 0.831 bits per heavy atom. The van der Waals surface area contributed by atoms with Crippen LogP contribution in [0.5, 0.6) is 0 Å². The maximum atomic E-state index is 14.7. The second-order valence-electron chi connectivity index (χ2n) is 31.8. The van der Waals surface area contributed by atoms with Crippen LogP contribution in [0.2, 0.25) is 0 Å². The molecule has 3 aliphatic heterocycles. The number of anilines is 2. The summed E-state index contributed by atoms with van der Waals surface area (Å²) in [4.78, 5) is 146. The Hall–Kier alpha value is -9.86. The molecule has 0 aromatic heterocycles. The molecule has 0 spiro atoms. The van der Waals surface area contributed by atoms with Crippen LogP contribution >= 0.6 is 0 Å². The fourth-order valence-corrected chi connectivity index (χ4v) is 15.1. The molecule has 30 nitrogen and oxygen atoms in total. The van der Waals surface area contributed by atoms with Gasteiger partial charge in [0.1, 0.15) is 39.6 Å². The van der Waals surface area contributed by atoms with E-state index < -0.39 is 45.8 Å². The number of ether oxygens (including phenoxy) is 12. The summed E-state index contributed by atoms with van der Waals surface area (Å²) < 4.78 is 66.4. The second-order valence-corrected chi connectivity index (χ2v) is 31.8. The highest BCUT2D eigenvalue weighted by atomic mass is 16.6. The lowest BCUT2D eigenvalue weighted by Crippen LogP contribution is -2.52. The number of Topliss-reactive ketones (excluding diaryl/α,β-unsaturated/α-hetero) is 2. The number of rotatable bonds is 58. The summed E-state index contributed by atoms with van der Waals surface area (Å²) in [7, 11) is 7.71. The number of nitrogens with zero attached hydrogens (tertiary/aromatic N) is 8. The molecule has 2 atom stereocenters. The average Bonchev–Trinajstić information content (AvgIpc) is 0.785. The highest BCUT2D eigenvalue weighted by Gasteiger charge is 2.42. The molecule has 0 radical (unpaired) electrons. The van der Waals surface area contributed by atoms with Gasteiger partial charge >= 0.3 is 35.8 Å². The third-order valence-electron chi connectivity index (χ3n) is 23.5. The Balaban J connectivity index is 0.799. The molecule has 0 bridgehead atoms. The van der Waals surface area contributed by atoms with Crippen molar-refractivity contribution in [1.82, 2.24) is 29.4 Å². The number of esters is 6. The zero-order valence-corrected chi connectivity index (χ0v) is 74.2. The third kappa shape index (κ3) is 31.4. The van der Waals surface area contributed by atoms with E-state index >= 15 is 0 Å². The number of piperazine rings is 3. The van der Waals surface area contributed by atoms with E-state index in [0.717, 1.165) is 99.2 Å². The lowest BCUT2D eigenvalue weighted by molar-refractivity contribution is -0.148. The van der Waals surface area contributed by atoms with Crippen LogP contribution in [0.15, 0.2) is 148 Å². The SMILES string of the molecule is C=CC(=O)OCCOCC(CC)(COCCOC(=O)C=C)COCCOC(=O)CCN1CCN(c2ccc(C(=O)C(CC)(Cc3ccc(C(=O)N4CCN(C(=O)c5ccc(CC(CC)(C(=O)c6ccc(N7CCN(CCC(=O)OCCOCC(CC)(COCCOC(=O)C=C)COCCOC(=O)C=C)CC7)cc6)N(C)C)cc5)CC4)cc3)N(C)C)cc2)CC1. The number of carbonyl (C=O) groups excluding carboxylic acids is 10. The molecule has 3 heterocycles. The van der Waals surface area contributed by atoms with Crippen molar-refractivity contribution < 1.29 is 105 Å². The van der Waals surface area contributed by atoms with Gasteiger partial charge in [0.05, 0.1) is 103 Å². The van der Waals surface area contributed by atoms with Crippen molar-refractivity contribution in [3.63, 3.8) is 0 Å². The second kappa shape index (κ2) is 52.8. The Labute approximate surface area is 731 Å². The van der Waals surface area contributed by atoms with Gasteiger partial charge in [-0.2, -0.15) is 0 Å². The van der Waals surface area contributed by atoms with Crippen LogP contribution in [0.4, 0.5) is 11.4 Å². The highest BCUT2D eigenvalue weighted by Crippen LogP contribution is 2.33. The van der Waals surface area contributed by atoms with Crippen LogP contribution < -0.4 is 9.80 Å². The van der Waals surface area contributed by atoms with E-state index in [1.165, 1.54) is 0 Å². The summed E-state index contributed by atoms with van der Waals surface area (Å²) in [6, 6.07) is 30.6. The van der Waals surface area contributed by atoms with Crippen molar-refractivity contribution in [3.8, 4) is 0 Å². The van der Waals surface area contributed by atoms with Crippen LogP contribution in [0.3, 0.4) is 0 Å². The predicted octanol–water partition coefficient (Wildman–Crippen LogP) is 8.48. The van der Waals surface area contributed by atoms with Gasteiger partial charge in [-0.15, -0.1) is 0 Å². The van der Waals surface area contributed by atoms with Gasteiger partial charge in [0.15, 0.2) is 11.6 Å². The fraction of sp³-hybridized carbons (Fsp3) is 0.553. The molecule has 7 rings (SSSR count). The minimum atomic E-state index is -0.871. The minimum absolute atomic E-state index is 0.000234. The van der Waals surface area contributed by atoms with Gasteiger partial charge in [-0.25, -0.2) is 19.2 Å². The molecule has 4 aromatic rings. The maximum absolute atomic E-state index is 14.7. The number of benzene rings is 4. The van der Waals surface area contributed by atoms with Crippen molar-refractivity contribution in [2.24, 2.45) is 10.8 Å². The smallest absolute Gasteiger partial charge is 0.330 e. The first-order valence-electron chi connectivity index (χ1n) is 43.1. The highest BCUT2D eigenvalue weighted by molar-refractivity contribution is 6.05. The molecular weight excluding hydrogens is 1590 g/mol. The summed E-state index contributed by atoms with van der Waals surface area (Å²) in [5, 5.41) is 0. The molecule has 4 aromatic carbocycles. The molecular formula is C94H132N8O22. The maximum Gasteiger partial charge on any atom is 0.330 e. The summed E-state index contributed by atoms with van der Waals surface area (Å²) in [6.07, 6.45) is 7.93. The van der Waals surface area contributed by atoms with E-state index in [9.17, 15) is 47.9 Å². The number of likely N-dealkylation sites (N-methyl/N-ethyl adjacent to an activating group) is 2. The molecule has 3 fully saturated rings. The van der Waals surface area contributed by atoms with Crippen molar-refractivity contribution in [1.29, 1.82) is 0 Å². The first-order valence-corrected chi connectivity index (χ1v) is 43.1. The predicted molar refractivity (Wildman–Crippen MR) is 471 cm³/mol. The summed E-state index contributed by atoms with van der Waals surface area (Å²) >= 11 is 0. The van der Waals surface area contributed by atoms with E-state index in [1.54, 1.807) is 9.80 Å². The van der Waals surface area contributed by atoms with E-state index in [-0.39, 0.29) is 167 Å². The zero-order chi connectivity index (χ0) is 89.9. The van der Waals surface area contributed by atoms with E-state index in [2.05, 4.69) is 45.9 Å². The molecule has 2 unspecified atom stereocenters. The largest absolute Gasteiger partial charge is 0.463 e. The number of ketones is 2. The summed E-state index contributed by atoms with van der Waals surface area (Å²) in [6.45, 7) is 32.7. The van der Waals surface area contributed by atoms with Crippen LogP contribution in [0.25, 0.3) is 0 Å². The topological polar surface area (TPSA) is 307 Å². The van der Waals surface area contributed by atoms with Gasteiger partial charge in [-0.05, 0) is 151 Å². The third-order valence-corrected chi connectivity index (χ3v) is 23.5. The molecule has 30 heteroatoms. The monoisotopic (exact) mass is 1720 g/mol. The molecule has 124 heavy (non-hydrogen) atoms. The lowest BCUT2D eigenvalue weighted by atomic mass is 9.80. The first-order chi connectivity index (χ1) is 59.8. The lowest BCUT2D eigenvalue weighted by Gasteiger charge is -2.38. The van der Waals surface area contributed by atoms with Gasteiger partial charge < -0.3 is 76.4 Å². The van der Waals surface area contributed by atoms with Gasteiger partial charge in [0, 0.05) is 160 Å². The fourth-order valence-electron chi connectivity index (χ4n) is 15.1. The standard InChI is InChI=1S/C94H132N8O22/c1-13-81(103)119-59-53-113-67-91(17-5,68-114-54-60-120-82(104)14-2)71-117-57-63-123-85(107)37-39-97-41-45-99(46-42-97)79-33-29-75(30-34-79)87(109)93(19-7,95(9)10)65-73-21-25-77(26-22-73)89(111)101-49-51-102(52-50-101)90(112)78-27-23-74(24-28-78)66-94(20-8,96(11)12)88(110)76-31-35-80(36-32-76)100-47-43-98(44-48-100)40-38-86(108)124-64-58-118-72-92(18-6,69-115-55-61-121-83(105)15-3)70-116-56-62-122-84(106)16-4/h13-16,21-36H,1-4,17-20,37-72H2,5-12H3. The van der Waals surface area contributed by atoms with E-state index in [1.807, 2.05) is 163 Å². The van der Waals surface area contributed by atoms with Crippen LogP contribution in [-0.2, 0) is 98.5 Å². The number of carbonyl (C=O) groups is 10. The van der Waals surface area contributed by atoms with Gasteiger partial charge in [-0.1, -0.05) is 78.3 Å². The van der Waals surface area contributed by atoms with Crippen molar-refractivity contribution >= 4 is 70.6 Å². The van der Waals surface area contributed by atoms with Crippen LogP contribution in [-0.4, -0.2) is 338 Å². The van der Waals surface area contributed by atoms with E-state index in [0.29, 0.717) is 100 Å². The minimum Gasteiger partial charge on any atom is -0.463 e. The van der Waals surface area contributed by atoms with Crippen molar-refractivity contribution in [2.75, 3.05) is 249 Å². The number of amides is 2. The number of hydrogen-bond donors (Lipinski definition) is 0.